The molecule has 2 heterocycles. The minimum Gasteiger partial charge on any atom is -0.495 e. The standard InChI is InChI=1S/C19H17NO5S/c1-12(18(21)20-14-6-3-4-7-15(14)23-2)25-19(22)17-13(9-10-24-17)16-8-5-11-26-16/h3-12H,1-2H3,(H,20,21). The number of ether oxygens (including phenoxy) is 2. The average Bonchev–Trinajstić information content (AvgIpc) is 3.33. The molecule has 0 bridgehead atoms. The van der Waals surface area contributed by atoms with E-state index in [4.69, 9.17) is 13.9 Å². The fourth-order valence-electron chi connectivity index (χ4n) is 2.34. The molecule has 1 unspecified atom stereocenters. The maximum atomic E-state index is 12.4. The number of nitrogens with one attached hydrogen (secondary N) is 1. The summed E-state index contributed by atoms with van der Waals surface area (Å²) in [5.74, 6) is -0.567. The maximum absolute atomic E-state index is 12.4. The second-order valence-electron chi connectivity index (χ2n) is 5.38. The fraction of sp³-hybridized carbons (Fsp3) is 0.158. The molecule has 1 aromatic carbocycles. The van der Waals surface area contributed by atoms with E-state index < -0.39 is 18.0 Å². The molecule has 0 aliphatic carbocycles. The first-order valence-corrected chi connectivity index (χ1v) is 8.74. The topological polar surface area (TPSA) is 77.8 Å². The highest BCUT2D eigenvalue weighted by Crippen LogP contribution is 2.29. The van der Waals surface area contributed by atoms with Crippen LogP contribution in [0.2, 0.25) is 0 Å². The van der Waals surface area contributed by atoms with Crippen LogP contribution in [-0.4, -0.2) is 25.1 Å². The molecular weight excluding hydrogens is 354 g/mol. The Hall–Kier alpha value is -3.06. The third-order valence-electron chi connectivity index (χ3n) is 3.66. The van der Waals surface area contributed by atoms with Gasteiger partial charge in [-0.05, 0) is 36.6 Å². The van der Waals surface area contributed by atoms with Gasteiger partial charge < -0.3 is 19.2 Å². The first-order chi connectivity index (χ1) is 12.6. The van der Waals surface area contributed by atoms with Gasteiger partial charge in [0.1, 0.15) is 5.75 Å². The highest BCUT2D eigenvalue weighted by Gasteiger charge is 2.24. The number of anilines is 1. The van der Waals surface area contributed by atoms with Crippen molar-refractivity contribution in [3.05, 3.63) is 59.9 Å². The number of benzene rings is 1. The second-order valence-corrected chi connectivity index (χ2v) is 6.33. The summed E-state index contributed by atoms with van der Waals surface area (Å²) in [6.07, 6.45) is 0.416. The summed E-state index contributed by atoms with van der Waals surface area (Å²) >= 11 is 1.48. The highest BCUT2D eigenvalue weighted by atomic mass is 32.1. The first-order valence-electron chi connectivity index (χ1n) is 7.86. The Morgan fingerprint density at radius 2 is 1.96 bits per heavy atom. The molecule has 3 rings (SSSR count). The Morgan fingerprint density at radius 1 is 1.15 bits per heavy atom. The average molecular weight is 371 g/mol. The van der Waals surface area contributed by atoms with Gasteiger partial charge in [-0.15, -0.1) is 11.3 Å². The molecule has 6 nitrogen and oxygen atoms in total. The number of hydrogen-bond donors (Lipinski definition) is 1. The summed E-state index contributed by atoms with van der Waals surface area (Å²) in [4.78, 5) is 25.6. The van der Waals surface area contributed by atoms with E-state index in [1.807, 2.05) is 17.5 Å². The number of carbonyl (C=O) groups is 2. The molecule has 2 aromatic heterocycles. The number of amides is 1. The van der Waals surface area contributed by atoms with Crippen LogP contribution < -0.4 is 10.1 Å². The molecule has 1 amide bonds. The predicted molar refractivity (Wildman–Crippen MR) is 98.5 cm³/mol. The molecule has 0 saturated carbocycles. The lowest BCUT2D eigenvalue weighted by Crippen LogP contribution is -2.30. The van der Waals surface area contributed by atoms with E-state index in [9.17, 15) is 9.59 Å². The van der Waals surface area contributed by atoms with Crippen LogP contribution >= 0.6 is 11.3 Å². The smallest absolute Gasteiger partial charge is 0.375 e. The molecule has 0 radical (unpaired) electrons. The zero-order chi connectivity index (χ0) is 18.5. The van der Waals surface area contributed by atoms with Crippen LogP contribution in [0.3, 0.4) is 0 Å². The van der Waals surface area contributed by atoms with Crippen molar-refractivity contribution in [1.29, 1.82) is 0 Å². The van der Waals surface area contributed by atoms with Crippen LogP contribution in [0.25, 0.3) is 10.4 Å². The molecule has 1 N–H and O–H groups in total. The summed E-state index contributed by atoms with van der Waals surface area (Å²) < 4.78 is 15.7. The minimum atomic E-state index is -1.01. The van der Waals surface area contributed by atoms with Gasteiger partial charge in [-0.25, -0.2) is 4.79 Å². The van der Waals surface area contributed by atoms with Gasteiger partial charge in [0.05, 0.1) is 19.1 Å². The van der Waals surface area contributed by atoms with Crippen molar-refractivity contribution in [2.24, 2.45) is 0 Å². The number of rotatable bonds is 6. The largest absolute Gasteiger partial charge is 0.495 e. The number of para-hydroxylation sites is 2. The van der Waals surface area contributed by atoms with Crippen molar-refractivity contribution in [2.45, 2.75) is 13.0 Å². The molecule has 3 aromatic rings. The van der Waals surface area contributed by atoms with Crippen LogP contribution in [0.4, 0.5) is 5.69 Å². The Labute approximate surface area is 154 Å². The van der Waals surface area contributed by atoms with Crippen molar-refractivity contribution in [2.75, 3.05) is 12.4 Å². The number of methoxy groups -OCH3 is 1. The number of furan rings is 1. The Bertz CT molecular complexity index is 900. The summed E-state index contributed by atoms with van der Waals surface area (Å²) in [7, 11) is 1.51. The van der Waals surface area contributed by atoms with Crippen molar-refractivity contribution < 1.29 is 23.5 Å². The van der Waals surface area contributed by atoms with E-state index >= 15 is 0 Å². The van der Waals surface area contributed by atoms with Crippen molar-refractivity contribution in [3.63, 3.8) is 0 Å². The molecule has 134 valence electrons. The number of thiophene rings is 1. The molecule has 0 spiro atoms. The molecule has 0 aliphatic heterocycles. The zero-order valence-corrected chi connectivity index (χ0v) is 15.0. The van der Waals surface area contributed by atoms with E-state index in [0.717, 1.165) is 4.88 Å². The van der Waals surface area contributed by atoms with Gasteiger partial charge in [-0.1, -0.05) is 18.2 Å². The zero-order valence-electron chi connectivity index (χ0n) is 14.2. The lowest BCUT2D eigenvalue weighted by molar-refractivity contribution is -0.123. The summed E-state index contributed by atoms with van der Waals surface area (Å²) in [6, 6.07) is 12.4. The Balaban J connectivity index is 1.68. The molecule has 0 fully saturated rings. The van der Waals surface area contributed by atoms with Gasteiger partial charge in [-0.3, -0.25) is 4.79 Å². The van der Waals surface area contributed by atoms with E-state index in [-0.39, 0.29) is 5.76 Å². The van der Waals surface area contributed by atoms with Gasteiger partial charge in [0.15, 0.2) is 6.10 Å². The van der Waals surface area contributed by atoms with E-state index in [0.29, 0.717) is 17.0 Å². The van der Waals surface area contributed by atoms with Crippen molar-refractivity contribution in [1.82, 2.24) is 0 Å². The van der Waals surface area contributed by atoms with Crippen LogP contribution in [0.5, 0.6) is 5.75 Å². The van der Waals surface area contributed by atoms with Gasteiger partial charge in [0.25, 0.3) is 5.91 Å². The Morgan fingerprint density at radius 3 is 2.69 bits per heavy atom. The van der Waals surface area contributed by atoms with Crippen LogP contribution in [-0.2, 0) is 9.53 Å². The maximum Gasteiger partial charge on any atom is 0.375 e. The monoisotopic (exact) mass is 371 g/mol. The van der Waals surface area contributed by atoms with Gasteiger partial charge in [0.2, 0.25) is 5.76 Å². The van der Waals surface area contributed by atoms with Crippen LogP contribution in [0.1, 0.15) is 17.5 Å². The quantitative estimate of drug-likeness (QED) is 0.657. The normalized spacial score (nSPS) is 11.6. The van der Waals surface area contributed by atoms with Crippen LogP contribution in [0, 0.1) is 0 Å². The SMILES string of the molecule is COc1ccccc1NC(=O)C(C)OC(=O)c1occc1-c1cccs1. The van der Waals surface area contributed by atoms with Gasteiger partial charge >= 0.3 is 5.97 Å². The number of carbonyl (C=O) groups excluding carboxylic acids is 2. The molecular formula is C19H17NO5S. The summed E-state index contributed by atoms with van der Waals surface area (Å²) in [5, 5.41) is 4.59. The summed E-state index contributed by atoms with van der Waals surface area (Å²) in [5.41, 5.74) is 1.14. The van der Waals surface area contributed by atoms with Crippen LogP contribution in [0.15, 0.2) is 58.5 Å². The molecule has 0 saturated heterocycles. The van der Waals surface area contributed by atoms with Crippen molar-refractivity contribution in [3.8, 4) is 16.2 Å². The lowest BCUT2D eigenvalue weighted by atomic mass is 10.2. The third kappa shape index (κ3) is 3.78. The van der Waals surface area contributed by atoms with Gasteiger partial charge in [-0.2, -0.15) is 0 Å². The predicted octanol–water partition coefficient (Wildman–Crippen LogP) is 4.20. The fourth-order valence-corrected chi connectivity index (χ4v) is 3.09. The lowest BCUT2D eigenvalue weighted by Gasteiger charge is -2.14. The van der Waals surface area contributed by atoms with Gasteiger partial charge in [0, 0.05) is 10.4 Å². The number of hydrogen-bond acceptors (Lipinski definition) is 6. The molecule has 1 atom stereocenters. The number of esters is 1. The van der Waals surface area contributed by atoms with E-state index in [1.165, 1.54) is 31.6 Å². The van der Waals surface area contributed by atoms with E-state index in [1.54, 1.807) is 30.3 Å². The third-order valence-corrected chi connectivity index (χ3v) is 4.56. The second kappa shape index (κ2) is 7.88. The Kier molecular flexibility index (Phi) is 5.38. The first kappa shape index (κ1) is 17.8. The molecule has 7 heteroatoms. The van der Waals surface area contributed by atoms with E-state index in [2.05, 4.69) is 5.32 Å². The highest BCUT2D eigenvalue weighted by molar-refractivity contribution is 7.13. The summed E-state index contributed by atoms with van der Waals surface area (Å²) in [6.45, 7) is 1.50. The molecule has 0 aliphatic rings. The molecule has 26 heavy (non-hydrogen) atoms. The van der Waals surface area contributed by atoms with Crippen molar-refractivity contribution >= 4 is 28.9 Å². The minimum absolute atomic E-state index is 0.0735.